The van der Waals surface area contributed by atoms with Crippen molar-refractivity contribution in [2.75, 3.05) is 0 Å². The van der Waals surface area contributed by atoms with E-state index in [2.05, 4.69) is 45.0 Å². The summed E-state index contributed by atoms with van der Waals surface area (Å²) >= 11 is 0. The number of carbonyl (C=O) groups is 1. The van der Waals surface area contributed by atoms with E-state index in [1.54, 1.807) is 6.07 Å². The summed E-state index contributed by atoms with van der Waals surface area (Å²) in [6.07, 6.45) is 4.92. The number of Topliss-reactive ketones (excluding diaryl/α,β-unsaturated/α-hetero) is 1. The lowest BCUT2D eigenvalue weighted by Gasteiger charge is -2.47. The molecule has 2 aliphatic rings. The van der Waals surface area contributed by atoms with Crippen molar-refractivity contribution in [2.45, 2.75) is 76.9 Å². The molecule has 4 nitrogen and oxygen atoms in total. The number of aryl methyl sites for hydroxylation is 1. The van der Waals surface area contributed by atoms with Crippen molar-refractivity contribution < 1.29 is 19.4 Å². The normalized spacial score (nSPS) is 23.1. The van der Waals surface area contributed by atoms with Crippen LogP contribution in [0.2, 0.25) is 0 Å². The first-order valence-electron chi connectivity index (χ1n) is 11.1. The van der Waals surface area contributed by atoms with Crippen LogP contribution < -0.4 is 9.47 Å². The number of carbonyl (C=O) groups excluding carboxylic acids is 1. The quantitative estimate of drug-likeness (QED) is 0.656. The largest absolute Gasteiger partial charge is 0.507 e. The number of benzene rings is 2. The molecule has 2 aromatic carbocycles. The molecule has 1 aliphatic heterocycles. The molecule has 0 amide bonds. The molecule has 1 saturated carbocycles. The second kappa shape index (κ2) is 8.33. The Balaban J connectivity index is 1.46. The highest BCUT2D eigenvalue weighted by molar-refractivity contribution is 5.81. The second-order valence-electron chi connectivity index (χ2n) is 9.36. The van der Waals surface area contributed by atoms with Gasteiger partial charge in [-0.1, -0.05) is 30.3 Å². The van der Waals surface area contributed by atoms with E-state index in [4.69, 9.17) is 9.47 Å². The molecule has 1 fully saturated rings. The zero-order chi connectivity index (χ0) is 21.3. The van der Waals surface area contributed by atoms with Crippen LogP contribution in [0, 0.1) is 5.92 Å². The predicted octanol–water partition coefficient (Wildman–Crippen LogP) is 5.81. The number of rotatable bonds is 6. The molecule has 30 heavy (non-hydrogen) atoms. The Morgan fingerprint density at radius 1 is 1.23 bits per heavy atom. The van der Waals surface area contributed by atoms with Crippen molar-refractivity contribution >= 4 is 5.78 Å². The molecule has 0 unspecified atom stereocenters. The molecule has 0 bridgehead atoms. The standard InChI is InChI=1S/C26H32O4/c1-17(8-7-11-18-9-5-4-6-10-18)29-20-15-23(28)25-21-14-19(27)12-13-22(21)26(2,3)30-24(25)16-20/h4-6,9-10,15-17,21-22,28H,7-8,11-14H2,1-3H3/t17-,21+,22+/m0/s1. The first-order chi connectivity index (χ1) is 14.3. The van der Waals surface area contributed by atoms with Gasteiger partial charge in [0.2, 0.25) is 0 Å². The number of ether oxygens (including phenoxy) is 2. The van der Waals surface area contributed by atoms with E-state index < -0.39 is 0 Å². The molecule has 1 N–H and O–H groups in total. The third-order valence-electron chi connectivity index (χ3n) is 6.65. The van der Waals surface area contributed by atoms with Crippen LogP contribution in [0.5, 0.6) is 17.2 Å². The van der Waals surface area contributed by atoms with Crippen LogP contribution in [0.15, 0.2) is 42.5 Å². The minimum Gasteiger partial charge on any atom is -0.507 e. The molecule has 160 valence electrons. The molecular formula is C26H32O4. The zero-order valence-electron chi connectivity index (χ0n) is 18.2. The van der Waals surface area contributed by atoms with Crippen molar-refractivity contribution in [1.29, 1.82) is 0 Å². The van der Waals surface area contributed by atoms with E-state index in [1.807, 2.05) is 12.1 Å². The number of hydrogen-bond acceptors (Lipinski definition) is 4. The molecule has 4 rings (SSSR count). The van der Waals surface area contributed by atoms with Crippen molar-refractivity contribution in [3.05, 3.63) is 53.6 Å². The molecule has 4 heteroatoms. The highest BCUT2D eigenvalue weighted by atomic mass is 16.5. The van der Waals surface area contributed by atoms with Crippen molar-refractivity contribution in [1.82, 2.24) is 0 Å². The van der Waals surface area contributed by atoms with Gasteiger partial charge in [-0.3, -0.25) is 4.79 Å². The van der Waals surface area contributed by atoms with Gasteiger partial charge < -0.3 is 14.6 Å². The van der Waals surface area contributed by atoms with Crippen LogP contribution in [0.3, 0.4) is 0 Å². The number of phenols is 1. The van der Waals surface area contributed by atoms with Gasteiger partial charge in [0.25, 0.3) is 0 Å². The minimum absolute atomic E-state index is 0.0161. The summed E-state index contributed by atoms with van der Waals surface area (Å²) in [5.74, 6) is 1.97. The molecule has 0 radical (unpaired) electrons. The molecule has 0 aromatic heterocycles. The topological polar surface area (TPSA) is 55.8 Å². The fraction of sp³-hybridized carbons (Fsp3) is 0.500. The third kappa shape index (κ3) is 4.33. The molecule has 3 atom stereocenters. The summed E-state index contributed by atoms with van der Waals surface area (Å²) in [7, 11) is 0. The van der Waals surface area contributed by atoms with Gasteiger partial charge >= 0.3 is 0 Å². The third-order valence-corrected chi connectivity index (χ3v) is 6.65. The van der Waals surface area contributed by atoms with Crippen LogP contribution in [0.1, 0.15) is 69.9 Å². The van der Waals surface area contributed by atoms with Crippen LogP contribution in [0.4, 0.5) is 0 Å². The number of fused-ring (bicyclic) bond motifs is 3. The Hall–Kier alpha value is -2.49. The number of aromatic hydroxyl groups is 1. The lowest BCUT2D eigenvalue weighted by molar-refractivity contribution is -0.124. The fourth-order valence-corrected chi connectivity index (χ4v) is 5.14. The lowest BCUT2D eigenvalue weighted by atomic mass is 9.66. The highest BCUT2D eigenvalue weighted by Crippen LogP contribution is 2.54. The monoisotopic (exact) mass is 408 g/mol. The number of ketones is 1. The van der Waals surface area contributed by atoms with Gasteiger partial charge in [-0.15, -0.1) is 0 Å². The Morgan fingerprint density at radius 3 is 2.77 bits per heavy atom. The van der Waals surface area contributed by atoms with E-state index in [-0.39, 0.29) is 35.1 Å². The van der Waals surface area contributed by atoms with Gasteiger partial charge in [-0.25, -0.2) is 0 Å². The predicted molar refractivity (Wildman–Crippen MR) is 117 cm³/mol. The Kier molecular flexibility index (Phi) is 5.77. The SMILES string of the molecule is C[C@@H](CCCc1ccccc1)Oc1cc(O)c2c(c1)OC(C)(C)[C@@H]1CCC(=O)C[C@@H]21. The minimum atomic E-state index is -0.370. The van der Waals surface area contributed by atoms with Crippen LogP contribution in [0.25, 0.3) is 0 Å². The summed E-state index contributed by atoms with van der Waals surface area (Å²) in [5, 5.41) is 10.8. The molecule has 2 aromatic rings. The van der Waals surface area contributed by atoms with Gasteiger partial charge in [0.05, 0.1) is 6.10 Å². The Bertz CT molecular complexity index is 903. The van der Waals surface area contributed by atoms with Gasteiger partial charge in [0.15, 0.2) is 0 Å². The Labute approximate surface area is 179 Å². The van der Waals surface area contributed by atoms with Crippen LogP contribution in [-0.4, -0.2) is 22.6 Å². The van der Waals surface area contributed by atoms with Gasteiger partial charge in [-0.05, 0) is 52.0 Å². The van der Waals surface area contributed by atoms with E-state index in [9.17, 15) is 9.90 Å². The number of hydrogen-bond donors (Lipinski definition) is 1. The second-order valence-corrected chi connectivity index (χ2v) is 9.36. The summed E-state index contributed by atoms with van der Waals surface area (Å²) in [4.78, 5) is 12.1. The number of phenolic OH excluding ortho intramolecular Hbond substituents is 1. The molecule has 0 saturated heterocycles. The highest BCUT2D eigenvalue weighted by Gasteiger charge is 2.47. The first-order valence-corrected chi connectivity index (χ1v) is 11.1. The summed E-state index contributed by atoms with van der Waals surface area (Å²) < 4.78 is 12.4. The average molecular weight is 409 g/mol. The van der Waals surface area contributed by atoms with E-state index in [1.165, 1.54) is 5.56 Å². The Morgan fingerprint density at radius 2 is 2.00 bits per heavy atom. The lowest BCUT2D eigenvalue weighted by Crippen LogP contribution is -2.47. The zero-order valence-corrected chi connectivity index (χ0v) is 18.2. The van der Waals surface area contributed by atoms with Crippen molar-refractivity contribution in [3.63, 3.8) is 0 Å². The first kappa shape index (κ1) is 20.8. The van der Waals surface area contributed by atoms with Crippen molar-refractivity contribution in [3.8, 4) is 17.2 Å². The maximum Gasteiger partial charge on any atom is 0.133 e. The van der Waals surface area contributed by atoms with E-state index in [0.29, 0.717) is 24.3 Å². The maximum absolute atomic E-state index is 12.1. The molecular weight excluding hydrogens is 376 g/mol. The van der Waals surface area contributed by atoms with E-state index in [0.717, 1.165) is 31.2 Å². The van der Waals surface area contributed by atoms with E-state index >= 15 is 0 Å². The van der Waals surface area contributed by atoms with Gasteiger partial charge in [-0.2, -0.15) is 0 Å². The molecule has 1 heterocycles. The maximum atomic E-state index is 12.1. The average Bonchev–Trinajstić information content (AvgIpc) is 2.67. The van der Waals surface area contributed by atoms with Crippen molar-refractivity contribution in [2.24, 2.45) is 5.92 Å². The molecule has 0 spiro atoms. The smallest absolute Gasteiger partial charge is 0.133 e. The van der Waals surface area contributed by atoms with Crippen LogP contribution in [-0.2, 0) is 11.2 Å². The molecule has 1 aliphatic carbocycles. The van der Waals surface area contributed by atoms with Crippen LogP contribution >= 0.6 is 0 Å². The van der Waals surface area contributed by atoms with Gasteiger partial charge in [0, 0.05) is 42.4 Å². The van der Waals surface area contributed by atoms with Gasteiger partial charge in [0.1, 0.15) is 28.6 Å². The summed E-state index contributed by atoms with van der Waals surface area (Å²) in [6, 6.07) is 14.0. The fourth-order valence-electron chi connectivity index (χ4n) is 5.14. The summed E-state index contributed by atoms with van der Waals surface area (Å²) in [5.41, 5.74) is 1.74. The summed E-state index contributed by atoms with van der Waals surface area (Å²) in [6.45, 7) is 6.22.